The molecular formula is C11H19N3O2S. The number of nitrogens with two attached hydrogens (primary N) is 1. The molecule has 96 valence electrons. The number of aromatic nitrogens is 2. The van der Waals surface area contributed by atoms with Crippen molar-refractivity contribution in [1.82, 2.24) is 9.55 Å². The van der Waals surface area contributed by atoms with Gasteiger partial charge in [-0.2, -0.15) is 11.8 Å². The third-order valence-corrected chi connectivity index (χ3v) is 3.49. The first kappa shape index (κ1) is 14.1. The zero-order valence-electron chi connectivity index (χ0n) is 10.3. The fourth-order valence-corrected chi connectivity index (χ4v) is 2.33. The first-order valence-electron chi connectivity index (χ1n) is 5.52. The molecule has 0 aromatic carbocycles. The van der Waals surface area contributed by atoms with Gasteiger partial charge in [-0.05, 0) is 12.2 Å². The second-order valence-corrected chi connectivity index (χ2v) is 4.96. The van der Waals surface area contributed by atoms with E-state index in [1.54, 1.807) is 18.0 Å². The first-order valence-corrected chi connectivity index (χ1v) is 6.68. The standard InChI is InChI=1S/C11H19N3O2S/c1-14-6-5-13-10(14)4-8-17-7-3-9(12)11(15)16-2/h5-6,9H,3-4,7-8,12H2,1-2H3. The van der Waals surface area contributed by atoms with Gasteiger partial charge in [0.15, 0.2) is 0 Å². The second kappa shape index (κ2) is 7.34. The van der Waals surface area contributed by atoms with Gasteiger partial charge in [-0.3, -0.25) is 4.79 Å². The molecule has 5 nitrogen and oxygen atoms in total. The third-order valence-electron chi connectivity index (χ3n) is 2.47. The van der Waals surface area contributed by atoms with Gasteiger partial charge in [0.2, 0.25) is 0 Å². The van der Waals surface area contributed by atoms with E-state index in [2.05, 4.69) is 9.72 Å². The highest BCUT2D eigenvalue weighted by molar-refractivity contribution is 7.99. The van der Waals surface area contributed by atoms with Gasteiger partial charge in [-0.1, -0.05) is 0 Å². The number of hydrogen-bond acceptors (Lipinski definition) is 5. The van der Waals surface area contributed by atoms with E-state index in [-0.39, 0.29) is 5.97 Å². The van der Waals surface area contributed by atoms with Crippen LogP contribution in [-0.2, 0) is 23.0 Å². The quantitative estimate of drug-likeness (QED) is 0.572. The Morgan fingerprint density at radius 3 is 3.00 bits per heavy atom. The van der Waals surface area contributed by atoms with Crippen LogP contribution in [-0.4, -0.2) is 40.2 Å². The van der Waals surface area contributed by atoms with Crippen molar-refractivity contribution in [3.8, 4) is 0 Å². The molecule has 0 amide bonds. The van der Waals surface area contributed by atoms with Gasteiger partial charge < -0.3 is 15.0 Å². The lowest BCUT2D eigenvalue weighted by molar-refractivity contribution is -0.142. The highest BCUT2D eigenvalue weighted by Gasteiger charge is 2.12. The molecule has 0 spiro atoms. The Bertz CT molecular complexity index is 354. The molecule has 0 aliphatic rings. The summed E-state index contributed by atoms with van der Waals surface area (Å²) in [6.07, 6.45) is 5.32. The highest BCUT2D eigenvalue weighted by Crippen LogP contribution is 2.08. The molecule has 1 heterocycles. The van der Waals surface area contributed by atoms with Crippen molar-refractivity contribution in [3.63, 3.8) is 0 Å². The Kier molecular flexibility index (Phi) is 6.07. The smallest absolute Gasteiger partial charge is 0.322 e. The molecule has 1 atom stereocenters. The summed E-state index contributed by atoms with van der Waals surface area (Å²) in [5.41, 5.74) is 5.62. The number of ether oxygens (including phenoxy) is 1. The molecule has 6 heteroatoms. The Balaban J connectivity index is 2.09. The van der Waals surface area contributed by atoms with Crippen molar-refractivity contribution in [1.29, 1.82) is 0 Å². The van der Waals surface area contributed by atoms with Gasteiger partial charge >= 0.3 is 5.97 Å². The van der Waals surface area contributed by atoms with Crippen LogP contribution in [0.5, 0.6) is 0 Å². The summed E-state index contributed by atoms with van der Waals surface area (Å²) in [6, 6.07) is -0.499. The van der Waals surface area contributed by atoms with Crippen molar-refractivity contribution in [2.24, 2.45) is 12.8 Å². The van der Waals surface area contributed by atoms with Gasteiger partial charge in [-0.25, -0.2) is 4.98 Å². The fraction of sp³-hybridized carbons (Fsp3) is 0.636. The molecule has 0 bridgehead atoms. The molecule has 1 aromatic rings. The van der Waals surface area contributed by atoms with Crippen molar-refractivity contribution in [3.05, 3.63) is 18.2 Å². The maximum Gasteiger partial charge on any atom is 0.322 e. The molecule has 1 unspecified atom stereocenters. The van der Waals surface area contributed by atoms with Gasteiger partial charge in [0.1, 0.15) is 11.9 Å². The predicted molar refractivity (Wildman–Crippen MR) is 68.8 cm³/mol. The molecule has 0 saturated carbocycles. The van der Waals surface area contributed by atoms with Gasteiger partial charge in [0, 0.05) is 31.6 Å². The van der Waals surface area contributed by atoms with Crippen LogP contribution in [0.1, 0.15) is 12.2 Å². The summed E-state index contributed by atoms with van der Waals surface area (Å²) >= 11 is 1.78. The molecule has 0 fully saturated rings. The van der Waals surface area contributed by atoms with Gasteiger partial charge in [0.25, 0.3) is 0 Å². The number of hydrogen-bond donors (Lipinski definition) is 1. The van der Waals surface area contributed by atoms with Gasteiger partial charge in [-0.15, -0.1) is 0 Å². The average molecular weight is 257 g/mol. The van der Waals surface area contributed by atoms with Crippen molar-refractivity contribution >= 4 is 17.7 Å². The maximum absolute atomic E-state index is 11.0. The van der Waals surface area contributed by atoms with Gasteiger partial charge in [0.05, 0.1) is 7.11 Å². The molecule has 0 aliphatic heterocycles. The zero-order valence-corrected chi connectivity index (χ0v) is 11.1. The SMILES string of the molecule is COC(=O)C(N)CCSCCc1nccn1C. The number of rotatable bonds is 7. The minimum atomic E-state index is -0.499. The van der Waals surface area contributed by atoms with Crippen molar-refractivity contribution in [2.45, 2.75) is 18.9 Å². The van der Waals surface area contributed by atoms with Crippen LogP contribution in [0.2, 0.25) is 0 Å². The van der Waals surface area contributed by atoms with E-state index < -0.39 is 6.04 Å². The lowest BCUT2D eigenvalue weighted by Gasteiger charge is -2.08. The first-order chi connectivity index (χ1) is 8.15. The molecule has 0 aliphatic carbocycles. The molecule has 0 radical (unpaired) electrons. The topological polar surface area (TPSA) is 70.1 Å². The van der Waals surface area contributed by atoms with Crippen LogP contribution in [0.25, 0.3) is 0 Å². The minimum absolute atomic E-state index is 0.338. The molecule has 0 saturated heterocycles. The van der Waals surface area contributed by atoms with Crippen LogP contribution < -0.4 is 5.73 Å². The van der Waals surface area contributed by atoms with E-state index in [0.717, 1.165) is 23.8 Å². The van der Waals surface area contributed by atoms with Crippen LogP contribution in [0.3, 0.4) is 0 Å². The van der Waals surface area contributed by atoms with Crippen molar-refractivity contribution < 1.29 is 9.53 Å². The second-order valence-electron chi connectivity index (χ2n) is 3.74. The van der Waals surface area contributed by atoms with Crippen molar-refractivity contribution in [2.75, 3.05) is 18.6 Å². The van der Waals surface area contributed by atoms with E-state index in [0.29, 0.717) is 6.42 Å². The summed E-state index contributed by atoms with van der Waals surface area (Å²) in [6.45, 7) is 0. The van der Waals surface area contributed by atoms with E-state index >= 15 is 0 Å². The highest BCUT2D eigenvalue weighted by atomic mass is 32.2. The number of nitrogens with zero attached hydrogens (tertiary/aromatic N) is 2. The Morgan fingerprint density at radius 1 is 1.65 bits per heavy atom. The Morgan fingerprint density at radius 2 is 2.41 bits per heavy atom. The van der Waals surface area contributed by atoms with E-state index in [9.17, 15) is 4.79 Å². The monoisotopic (exact) mass is 257 g/mol. The Labute approximate surface area is 106 Å². The average Bonchev–Trinajstić information content (AvgIpc) is 2.73. The summed E-state index contributed by atoms with van der Waals surface area (Å²) < 4.78 is 6.57. The van der Waals surface area contributed by atoms with E-state index in [1.165, 1.54) is 7.11 Å². The molecular weight excluding hydrogens is 238 g/mol. The van der Waals surface area contributed by atoms with Crippen LogP contribution >= 0.6 is 11.8 Å². The molecule has 17 heavy (non-hydrogen) atoms. The number of carbonyl (C=O) groups excluding carboxylic acids is 1. The lowest BCUT2D eigenvalue weighted by atomic mass is 10.2. The predicted octanol–water partition coefficient (Wildman–Crippen LogP) is 0.586. The normalized spacial score (nSPS) is 12.4. The van der Waals surface area contributed by atoms with E-state index in [1.807, 2.05) is 17.8 Å². The summed E-state index contributed by atoms with van der Waals surface area (Å²) in [7, 11) is 3.34. The third kappa shape index (κ3) is 4.79. The largest absolute Gasteiger partial charge is 0.468 e. The molecule has 1 aromatic heterocycles. The number of esters is 1. The van der Waals surface area contributed by atoms with Crippen LogP contribution in [0.15, 0.2) is 12.4 Å². The lowest BCUT2D eigenvalue weighted by Crippen LogP contribution is -2.32. The number of aryl methyl sites for hydroxylation is 2. The fourth-order valence-electron chi connectivity index (χ4n) is 1.38. The number of thioether (sulfide) groups is 1. The Hall–Kier alpha value is -1.01. The number of imidazole rings is 1. The molecule has 1 rings (SSSR count). The molecule has 2 N–H and O–H groups in total. The van der Waals surface area contributed by atoms with Crippen LogP contribution in [0.4, 0.5) is 0 Å². The summed E-state index contributed by atoms with van der Waals surface area (Å²) in [4.78, 5) is 15.3. The summed E-state index contributed by atoms with van der Waals surface area (Å²) in [5, 5.41) is 0. The number of carbonyl (C=O) groups is 1. The zero-order chi connectivity index (χ0) is 12.7. The van der Waals surface area contributed by atoms with Crippen LogP contribution in [0, 0.1) is 0 Å². The number of methoxy groups -OCH3 is 1. The van der Waals surface area contributed by atoms with E-state index in [4.69, 9.17) is 5.73 Å². The maximum atomic E-state index is 11.0. The minimum Gasteiger partial charge on any atom is -0.468 e. The summed E-state index contributed by atoms with van der Waals surface area (Å²) in [5.74, 6) is 2.59.